The van der Waals surface area contributed by atoms with Gasteiger partial charge in [-0.2, -0.15) is 0 Å². The molecule has 0 saturated carbocycles. The summed E-state index contributed by atoms with van der Waals surface area (Å²) in [4.78, 5) is 0.0173. The Balaban J connectivity index is 2.30. The molecule has 0 amide bonds. The second-order valence-electron chi connectivity index (χ2n) is 4.95. The number of halogens is 2. The summed E-state index contributed by atoms with van der Waals surface area (Å²) in [5, 5.41) is 0. The van der Waals surface area contributed by atoms with Crippen LogP contribution in [0.25, 0.3) is 0 Å². The Kier molecular flexibility index (Phi) is 4.68. The van der Waals surface area contributed by atoms with Crippen molar-refractivity contribution in [2.45, 2.75) is 24.7 Å². The van der Waals surface area contributed by atoms with E-state index in [4.69, 9.17) is 0 Å². The molecular weight excluding hydrogens is 357 g/mol. The van der Waals surface area contributed by atoms with E-state index in [1.165, 1.54) is 12.1 Å². The number of rotatable bonds is 4. The molecule has 112 valence electrons. The lowest BCUT2D eigenvalue weighted by Gasteiger charge is -2.12. The molecule has 0 aliphatic heterocycles. The molecule has 0 bridgehead atoms. The van der Waals surface area contributed by atoms with Crippen molar-refractivity contribution in [1.29, 1.82) is 0 Å². The van der Waals surface area contributed by atoms with E-state index in [0.717, 1.165) is 17.7 Å². The molecule has 2 aromatic carbocycles. The third-order valence-corrected chi connectivity index (χ3v) is 5.07. The lowest BCUT2D eigenvalue weighted by molar-refractivity contribution is 0.599. The quantitative estimate of drug-likeness (QED) is 0.858. The summed E-state index contributed by atoms with van der Waals surface area (Å²) >= 11 is 3.37. The molecule has 0 aromatic heterocycles. The Morgan fingerprint density at radius 1 is 1.10 bits per heavy atom. The fourth-order valence-corrected chi connectivity index (χ4v) is 3.50. The number of hydrogen-bond acceptors (Lipinski definition) is 2. The van der Waals surface area contributed by atoms with Crippen LogP contribution in [0.2, 0.25) is 0 Å². The largest absolute Gasteiger partial charge is 0.278 e. The number of benzene rings is 2. The van der Waals surface area contributed by atoms with E-state index < -0.39 is 15.8 Å². The summed E-state index contributed by atoms with van der Waals surface area (Å²) in [6.07, 6.45) is 0. The van der Waals surface area contributed by atoms with Gasteiger partial charge in [0.15, 0.2) is 0 Å². The van der Waals surface area contributed by atoms with Gasteiger partial charge in [-0.05, 0) is 63.8 Å². The van der Waals surface area contributed by atoms with E-state index in [1.807, 2.05) is 12.1 Å². The summed E-state index contributed by atoms with van der Waals surface area (Å²) in [6.45, 7) is 4.12. The number of anilines is 1. The van der Waals surface area contributed by atoms with E-state index in [9.17, 15) is 12.8 Å². The molecule has 2 rings (SSSR count). The van der Waals surface area contributed by atoms with Crippen molar-refractivity contribution in [3.05, 3.63) is 58.3 Å². The van der Waals surface area contributed by atoms with Crippen molar-refractivity contribution >= 4 is 31.6 Å². The predicted octanol–water partition coefficient (Wildman–Crippen LogP) is 4.51. The van der Waals surface area contributed by atoms with Gasteiger partial charge in [-0.25, -0.2) is 12.8 Å². The summed E-state index contributed by atoms with van der Waals surface area (Å²) in [6, 6.07) is 10.2. The second-order valence-corrected chi connectivity index (χ2v) is 7.49. The van der Waals surface area contributed by atoms with Crippen LogP contribution in [-0.2, 0) is 10.0 Å². The number of nitrogens with one attached hydrogen (secondary N) is 1. The normalized spacial score (nSPS) is 11.7. The maximum Gasteiger partial charge on any atom is 0.261 e. The van der Waals surface area contributed by atoms with Crippen LogP contribution in [0, 0.1) is 5.82 Å². The Labute approximate surface area is 132 Å². The fourth-order valence-electron chi connectivity index (χ4n) is 1.79. The van der Waals surface area contributed by atoms with E-state index in [1.54, 1.807) is 6.07 Å². The smallest absolute Gasteiger partial charge is 0.261 e. The topological polar surface area (TPSA) is 46.2 Å². The molecule has 0 spiro atoms. The van der Waals surface area contributed by atoms with E-state index in [0.29, 0.717) is 16.1 Å². The molecule has 0 heterocycles. The average Bonchev–Trinajstić information content (AvgIpc) is 2.41. The third-order valence-electron chi connectivity index (χ3n) is 3.03. The first-order chi connectivity index (χ1) is 9.79. The maximum absolute atomic E-state index is 12.9. The van der Waals surface area contributed by atoms with Crippen molar-refractivity contribution in [1.82, 2.24) is 0 Å². The second kappa shape index (κ2) is 6.15. The average molecular weight is 372 g/mol. The predicted molar refractivity (Wildman–Crippen MR) is 85.4 cm³/mol. The molecule has 0 radical (unpaired) electrons. The van der Waals surface area contributed by atoms with Gasteiger partial charge in [0.2, 0.25) is 0 Å². The van der Waals surface area contributed by atoms with Gasteiger partial charge in [0.05, 0.1) is 10.6 Å². The van der Waals surface area contributed by atoms with Gasteiger partial charge < -0.3 is 0 Å². The fraction of sp³-hybridized carbons (Fsp3) is 0.200. The molecule has 21 heavy (non-hydrogen) atoms. The molecular formula is C15H15BrFNO2S. The monoisotopic (exact) mass is 371 g/mol. The van der Waals surface area contributed by atoms with Gasteiger partial charge in [0.25, 0.3) is 10.0 Å². The maximum atomic E-state index is 12.9. The van der Waals surface area contributed by atoms with E-state index in [-0.39, 0.29) is 4.90 Å². The SMILES string of the molecule is CC(C)c1ccc(NS(=O)(=O)c2ccc(F)cc2)c(Br)c1. The Morgan fingerprint density at radius 3 is 2.24 bits per heavy atom. The number of sulfonamides is 1. The van der Waals surface area contributed by atoms with Crippen LogP contribution < -0.4 is 4.72 Å². The standard InChI is InChI=1S/C15H15BrFNO2S/c1-10(2)11-3-8-15(14(16)9-11)18-21(19,20)13-6-4-12(17)5-7-13/h3-10,18H,1-2H3. The highest BCUT2D eigenvalue weighted by Gasteiger charge is 2.16. The third kappa shape index (κ3) is 3.83. The van der Waals surface area contributed by atoms with Crippen molar-refractivity contribution in [2.75, 3.05) is 4.72 Å². The molecule has 2 aromatic rings. The van der Waals surface area contributed by atoms with Gasteiger partial charge in [-0.15, -0.1) is 0 Å². The first-order valence-electron chi connectivity index (χ1n) is 6.37. The molecule has 0 atom stereocenters. The van der Waals surface area contributed by atoms with Gasteiger partial charge >= 0.3 is 0 Å². The van der Waals surface area contributed by atoms with Gasteiger partial charge in [-0.3, -0.25) is 4.72 Å². The molecule has 0 saturated heterocycles. The van der Waals surface area contributed by atoms with Crippen LogP contribution >= 0.6 is 15.9 Å². The first-order valence-corrected chi connectivity index (χ1v) is 8.65. The van der Waals surface area contributed by atoms with Crippen LogP contribution in [0.15, 0.2) is 51.8 Å². The van der Waals surface area contributed by atoms with Crippen LogP contribution in [0.3, 0.4) is 0 Å². The molecule has 0 aliphatic carbocycles. The van der Waals surface area contributed by atoms with Crippen LogP contribution in [-0.4, -0.2) is 8.42 Å². The zero-order valence-corrected chi connectivity index (χ0v) is 14.0. The summed E-state index contributed by atoms with van der Waals surface area (Å²) in [7, 11) is -3.73. The van der Waals surface area contributed by atoms with Crippen molar-refractivity contribution in [3.8, 4) is 0 Å². The van der Waals surface area contributed by atoms with Crippen molar-refractivity contribution < 1.29 is 12.8 Å². The zero-order valence-electron chi connectivity index (χ0n) is 11.6. The summed E-state index contributed by atoms with van der Waals surface area (Å²) < 4.78 is 40.5. The molecule has 3 nitrogen and oxygen atoms in total. The molecule has 0 unspecified atom stereocenters. The summed E-state index contributed by atoms with van der Waals surface area (Å²) in [5.41, 5.74) is 1.55. The molecule has 6 heteroatoms. The minimum atomic E-state index is -3.73. The molecule has 1 N–H and O–H groups in total. The van der Waals surface area contributed by atoms with Crippen LogP contribution in [0.5, 0.6) is 0 Å². The highest BCUT2D eigenvalue weighted by atomic mass is 79.9. The molecule has 0 fully saturated rings. The zero-order chi connectivity index (χ0) is 15.6. The van der Waals surface area contributed by atoms with Crippen LogP contribution in [0.1, 0.15) is 25.3 Å². The minimum absolute atomic E-state index is 0.0173. The lowest BCUT2D eigenvalue weighted by atomic mass is 10.0. The van der Waals surface area contributed by atoms with Crippen molar-refractivity contribution in [2.24, 2.45) is 0 Å². The number of hydrogen-bond donors (Lipinski definition) is 1. The first kappa shape index (κ1) is 16.0. The lowest BCUT2D eigenvalue weighted by Crippen LogP contribution is -2.13. The highest BCUT2D eigenvalue weighted by molar-refractivity contribution is 9.10. The van der Waals surface area contributed by atoms with E-state index >= 15 is 0 Å². The summed E-state index contributed by atoms with van der Waals surface area (Å²) in [5.74, 6) is -0.125. The Hall–Kier alpha value is -1.40. The van der Waals surface area contributed by atoms with Crippen molar-refractivity contribution in [3.63, 3.8) is 0 Å². The van der Waals surface area contributed by atoms with Gasteiger partial charge in [-0.1, -0.05) is 19.9 Å². The molecule has 0 aliphatic rings. The van der Waals surface area contributed by atoms with E-state index in [2.05, 4.69) is 34.5 Å². The highest BCUT2D eigenvalue weighted by Crippen LogP contribution is 2.28. The van der Waals surface area contributed by atoms with Gasteiger partial charge in [0, 0.05) is 4.47 Å². The van der Waals surface area contributed by atoms with Gasteiger partial charge in [0.1, 0.15) is 5.82 Å². The Bertz CT molecular complexity index is 743. The van der Waals surface area contributed by atoms with Crippen LogP contribution in [0.4, 0.5) is 10.1 Å². The minimum Gasteiger partial charge on any atom is -0.278 e. The Morgan fingerprint density at radius 2 is 1.71 bits per heavy atom.